The Morgan fingerprint density at radius 1 is 1.27 bits per heavy atom. The fraction of sp³-hybridized carbons (Fsp3) is 0.333. The summed E-state index contributed by atoms with van der Waals surface area (Å²) >= 11 is 0. The van der Waals surface area contributed by atoms with Crippen LogP contribution in [0, 0.1) is 5.82 Å². The van der Waals surface area contributed by atoms with Crippen molar-refractivity contribution in [1.29, 1.82) is 0 Å². The molecule has 15 heavy (non-hydrogen) atoms. The lowest BCUT2D eigenvalue weighted by molar-refractivity contribution is -0.210. The molecule has 1 N–H and O–H groups in total. The number of aliphatic hydroxyl groups excluding tert-OH is 1. The van der Waals surface area contributed by atoms with Crippen molar-refractivity contribution in [3.05, 3.63) is 30.1 Å². The molecular weight excluding hydrogens is 216 g/mol. The first kappa shape index (κ1) is 11.8. The summed E-state index contributed by atoms with van der Waals surface area (Å²) in [6.07, 6.45) is -7.37. The Hall–Kier alpha value is -1.30. The largest absolute Gasteiger partial charge is 0.487 e. The van der Waals surface area contributed by atoms with Crippen molar-refractivity contribution in [3.8, 4) is 5.75 Å². The van der Waals surface area contributed by atoms with E-state index in [0.29, 0.717) is 0 Å². The number of hydrogen-bond acceptors (Lipinski definition) is 2. The second-order valence-corrected chi connectivity index (χ2v) is 2.80. The zero-order valence-electron chi connectivity index (χ0n) is 7.46. The van der Waals surface area contributed by atoms with E-state index >= 15 is 0 Å². The van der Waals surface area contributed by atoms with Gasteiger partial charge in [-0.2, -0.15) is 13.2 Å². The Morgan fingerprint density at radius 3 is 2.40 bits per heavy atom. The molecule has 0 aliphatic heterocycles. The third kappa shape index (κ3) is 3.39. The number of rotatable bonds is 3. The van der Waals surface area contributed by atoms with Crippen LogP contribution in [0.2, 0.25) is 0 Å². The molecule has 84 valence electrons. The minimum Gasteiger partial charge on any atom is -0.487 e. The van der Waals surface area contributed by atoms with Gasteiger partial charge in [-0.25, -0.2) is 4.39 Å². The summed E-state index contributed by atoms with van der Waals surface area (Å²) in [6, 6.07) is 5.02. The summed E-state index contributed by atoms with van der Waals surface area (Å²) < 4.78 is 52.8. The van der Waals surface area contributed by atoms with Crippen LogP contribution in [0.25, 0.3) is 0 Å². The van der Waals surface area contributed by atoms with Crippen molar-refractivity contribution >= 4 is 0 Å². The SMILES string of the molecule is OC(COc1ccccc1F)C(F)(F)F. The zero-order valence-corrected chi connectivity index (χ0v) is 7.46. The summed E-state index contributed by atoms with van der Waals surface area (Å²) in [6.45, 7) is -1.02. The number of ether oxygens (including phenoxy) is 1. The Labute approximate surface area is 83.1 Å². The van der Waals surface area contributed by atoms with Gasteiger partial charge in [0.1, 0.15) is 6.61 Å². The number of alkyl halides is 3. The lowest BCUT2D eigenvalue weighted by atomic mass is 10.3. The molecule has 6 heteroatoms. The molecule has 0 radical (unpaired) electrons. The predicted octanol–water partition coefficient (Wildman–Crippen LogP) is 2.13. The molecule has 0 fully saturated rings. The molecule has 0 saturated heterocycles. The lowest BCUT2D eigenvalue weighted by Crippen LogP contribution is -2.34. The van der Waals surface area contributed by atoms with Crippen molar-refractivity contribution in [2.24, 2.45) is 0 Å². The van der Waals surface area contributed by atoms with Gasteiger partial charge in [-0.1, -0.05) is 12.1 Å². The zero-order chi connectivity index (χ0) is 11.5. The van der Waals surface area contributed by atoms with Crippen LogP contribution in [0.5, 0.6) is 5.75 Å². The van der Waals surface area contributed by atoms with Crippen molar-refractivity contribution < 1.29 is 27.4 Å². The normalized spacial score (nSPS) is 13.7. The number of aliphatic hydroxyl groups is 1. The van der Waals surface area contributed by atoms with E-state index in [-0.39, 0.29) is 5.75 Å². The topological polar surface area (TPSA) is 29.5 Å². The molecule has 0 heterocycles. The van der Waals surface area contributed by atoms with E-state index < -0.39 is 24.7 Å². The maximum absolute atomic E-state index is 12.8. The van der Waals surface area contributed by atoms with E-state index in [9.17, 15) is 17.6 Å². The standard InChI is InChI=1S/C9H8F4O2/c10-6-3-1-2-4-7(6)15-5-8(14)9(11,12)13/h1-4,8,14H,5H2. The van der Waals surface area contributed by atoms with E-state index in [0.717, 1.165) is 6.07 Å². The van der Waals surface area contributed by atoms with Crippen molar-refractivity contribution in [1.82, 2.24) is 0 Å². The maximum atomic E-state index is 12.8. The molecule has 0 spiro atoms. The Bertz CT molecular complexity index is 324. The Morgan fingerprint density at radius 2 is 1.87 bits per heavy atom. The molecule has 0 saturated carbocycles. The van der Waals surface area contributed by atoms with Crippen LogP contribution >= 0.6 is 0 Å². The average molecular weight is 224 g/mol. The van der Waals surface area contributed by atoms with E-state index in [1.54, 1.807) is 0 Å². The van der Waals surface area contributed by atoms with Crippen molar-refractivity contribution in [2.75, 3.05) is 6.61 Å². The maximum Gasteiger partial charge on any atom is 0.417 e. The molecule has 0 aliphatic rings. The quantitative estimate of drug-likeness (QED) is 0.797. The fourth-order valence-electron chi connectivity index (χ4n) is 0.825. The van der Waals surface area contributed by atoms with Crippen molar-refractivity contribution in [3.63, 3.8) is 0 Å². The van der Waals surface area contributed by atoms with Crippen LogP contribution in [0.3, 0.4) is 0 Å². The molecule has 0 bridgehead atoms. The van der Waals surface area contributed by atoms with Gasteiger partial charge < -0.3 is 9.84 Å². The van der Waals surface area contributed by atoms with E-state index in [4.69, 9.17) is 5.11 Å². The fourth-order valence-corrected chi connectivity index (χ4v) is 0.825. The van der Waals surface area contributed by atoms with Crippen LogP contribution in [0.15, 0.2) is 24.3 Å². The summed E-state index contributed by atoms with van der Waals surface area (Å²) in [5.74, 6) is -1.09. The Balaban J connectivity index is 2.55. The van der Waals surface area contributed by atoms with Crippen molar-refractivity contribution in [2.45, 2.75) is 12.3 Å². The van der Waals surface area contributed by atoms with Gasteiger partial charge in [0, 0.05) is 0 Å². The lowest BCUT2D eigenvalue weighted by Gasteiger charge is -2.15. The number of para-hydroxylation sites is 1. The second kappa shape index (κ2) is 4.48. The minimum atomic E-state index is -4.76. The third-order valence-electron chi connectivity index (χ3n) is 1.61. The molecule has 1 aromatic rings. The first-order valence-corrected chi connectivity index (χ1v) is 4.03. The van der Waals surface area contributed by atoms with Gasteiger partial charge in [0.2, 0.25) is 0 Å². The summed E-state index contributed by atoms with van der Waals surface area (Å²) in [5, 5.41) is 8.57. The molecule has 0 aromatic heterocycles. The number of hydrogen-bond donors (Lipinski definition) is 1. The predicted molar refractivity (Wildman–Crippen MR) is 44.0 cm³/mol. The highest BCUT2D eigenvalue weighted by Gasteiger charge is 2.38. The smallest absolute Gasteiger partial charge is 0.417 e. The summed E-state index contributed by atoms with van der Waals surface area (Å²) in [4.78, 5) is 0. The highest BCUT2D eigenvalue weighted by molar-refractivity contribution is 5.23. The number of halogens is 4. The molecule has 2 nitrogen and oxygen atoms in total. The first-order chi connectivity index (χ1) is 6.91. The average Bonchev–Trinajstić information content (AvgIpc) is 2.14. The van der Waals surface area contributed by atoms with Crippen LogP contribution in [0.1, 0.15) is 0 Å². The van der Waals surface area contributed by atoms with Crippen LogP contribution in [-0.4, -0.2) is 24.0 Å². The molecule has 0 amide bonds. The minimum absolute atomic E-state index is 0.319. The molecule has 1 aromatic carbocycles. The van der Waals surface area contributed by atoms with Gasteiger partial charge in [-0.3, -0.25) is 0 Å². The van der Waals surface area contributed by atoms with E-state index in [1.165, 1.54) is 18.2 Å². The van der Waals surface area contributed by atoms with Crippen LogP contribution in [0.4, 0.5) is 17.6 Å². The number of benzene rings is 1. The third-order valence-corrected chi connectivity index (χ3v) is 1.61. The Kier molecular flexibility index (Phi) is 3.52. The molecule has 0 aliphatic carbocycles. The van der Waals surface area contributed by atoms with E-state index in [1.807, 2.05) is 0 Å². The molecule has 1 rings (SSSR count). The molecule has 1 unspecified atom stereocenters. The van der Waals surface area contributed by atoms with E-state index in [2.05, 4.69) is 4.74 Å². The molecule has 1 atom stereocenters. The van der Waals surface area contributed by atoms with Crippen LogP contribution in [-0.2, 0) is 0 Å². The highest BCUT2D eigenvalue weighted by Crippen LogP contribution is 2.22. The summed E-state index contributed by atoms with van der Waals surface area (Å²) in [5.41, 5.74) is 0. The second-order valence-electron chi connectivity index (χ2n) is 2.80. The van der Waals surface area contributed by atoms with Gasteiger partial charge in [0.25, 0.3) is 0 Å². The van der Waals surface area contributed by atoms with Gasteiger partial charge in [-0.05, 0) is 12.1 Å². The summed E-state index contributed by atoms with van der Waals surface area (Å²) in [7, 11) is 0. The van der Waals surface area contributed by atoms with Gasteiger partial charge in [0.05, 0.1) is 0 Å². The van der Waals surface area contributed by atoms with Gasteiger partial charge in [0.15, 0.2) is 17.7 Å². The highest BCUT2D eigenvalue weighted by atomic mass is 19.4. The van der Waals surface area contributed by atoms with Crippen LogP contribution < -0.4 is 4.74 Å². The van der Waals surface area contributed by atoms with Gasteiger partial charge >= 0.3 is 6.18 Å². The molecular formula is C9H8F4O2. The van der Waals surface area contributed by atoms with Gasteiger partial charge in [-0.15, -0.1) is 0 Å². The monoisotopic (exact) mass is 224 g/mol. The first-order valence-electron chi connectivity index (χ1n) is 4.03.